The molecule has 25 heavy (non-hydrogen) atoms. The summed E-state index contributed by atoms with van der Waals surface area (Å²) in [5.74, 6) is 2.05. The molecule has 1 fully saturated rings. The van der Waals surface area contributed by atoms with E-state index >= 15 is 0 Å². The van der Waals surface area contributed by atoms with Gasteiger partial charge in [-0.25, -0.2) is 0 Å². The van der Waals surface area contributed by atoms with Crippen molar-refractivity contribution in [3.05, 3.63) is 42.0 Å². The maximum Gasteiger partial charge on any atom is 0.228 e. The topological polar surface area (TPSA) is 59.8 Å². The van der Waals surface area contributed by atoms with Gasteiger partial charge in [0.25, 0.3) is 0 Å². The fraction of sp³-hybridized carbons (Fsp3) is 0.550. The first kappa shape index (κ1) is 20.9. The number of benzene rings is 1. The molecule has 1 saturated carbocycles. The van der Waals surface area contributed by atoms with Crippen LogP contribution in [0.3, 0.4) is 0 Å². The lowest BCUT2D eigenvalue weighted by Crippen LogP contribution is -2.26. The molecule has 2 aromatic rings. The Morgan fingerprint density at radius 2 is 1.72 bits per heavy atom. The number of rotatable bonds is 3. The first-order valence-corrected chi connectivity index (χ1v) is 9.38. The summed E-state index contributed by atoms with van der Waals surface area (Å²) < 4.78 is 2.00. The lowest BCUT2D eigenvalue weighted by molar-refractivity contribution is -0.120. The number of carbonyl (C=O) groups is 1. The fourth-order valence-electron chi connectivity index (χ4n) is 3.09. The van der Waals surface area contributed by atoms with Gasteiger partial charge in [-0.3, -0.25) is 4.79 Å². The smallest absolute Gasteiger partial charge is 0.228 e. The number of aryl methyl sites for hydroxylation is 1. The van der Waals surface area contributed by atoms with E-state index in [0.717, 1.165) is 36.6 Å². The molecule has 138 valence electrons. The Labute approximate surface area is 151 Å². The number of hydrogen-bond acceptors (Lipinski definition) is 3. The minimum Gasteiger partial charge on any atom is -0.326 e. The predicted octanol–water partition coefficient (Wildman–Crippen LogP) is 4.70. The molecule has 1 aliphatic carbocycles. The number of para-hydroxylation sites is 1. The van der Waals surface area contributed by atoms with Gasteiger partial charge in [0.1, 0.15) is 11.6 Å². The molecule has 1 N–H and O–H groups in total. The van der Waals surface area contributed by atoms with Crippen LogP contribution < -0.4 is 5.32 Å². The maximum absolute atomic E-state index is 12.5. The van der Waals surface area contributed by atoms with Gasteiger partial charge in [0, 0.05) is 24.6 Å². The SMILES string of the molecule is CC.CC.Cc1nnc([C@H]2CCC[C@@H]2C(=O)Nc2ccccc2)n1C. The van der Waals surface area contributed by atoms with Gasteiger partial charge >= 0.3 is 0 Å². The highest BCUT2D eigenvalue weighted by Gasteiger charge is 2.36. The minimum atomic E-state index is -0.0208. The lowest BCUT2D eigenvalue weighted by atomic mass is 9.94. The molecule has 0 spiro atoms. The van der Waals surface area contributed by atoms with Crippen LogP contribution >= 0.6 is 0 Å². The summed E-state index contributed by atoms with van der Waals surface area (Å²) in [6.45, 7) is 9.94. The Morgan fingerprint density at radius 3 is 2.28 bits per heavy atom. The van der Waals surface area contributed by atoms with E-state index in [-0.39, 0.29) is 17.7 Å². The molecule has 5 heteroatoms. The molecule has 0 saturated heterocycles. The van der Waals surface area contributed by atoms with Crippen LogP contribution in [0.1, 0.15) is 64.5 Å². The zero-order valence-electron chi connectivity index (χ0n) is 16.4. The van der Waals surface area contributed by atoms with Gasteiger partial charge in [0.15, 0.2) is 0 Å². The van der Waals surface area contributed by atoms with E-state index in [1.807, 2.05) is 76.6 Å². The average molecular weight is 345 g/mol. The van der Waals surface area contributed by atoms with Crippen LogP contribution in [0, 0.1) is 12.8 Å². The minimum absolute atomic E-state index is 0.0208. The molecule has 2 atom stereocenters. The number of amides is 1. The highest BCUT2D eigenvalue weighted by molar-refractivity contribution is 5.93. The molecule has 0 bridgehead atoms. The third-order valence-corrected chi connectivity index (χ3v) is 4.35. The Hall–Kier alpha value is -2.17. The van der Waals surface area contributed by atoms with Crippen LogP contribution in [0.25, 0.3) is 0 Å². The molecular weight excluding hydrogens is 312 g/mol. The largest absolute Gasteiger partial charge is 0.326 e. The summed E-state index contributed by atoms with van der Waals surface area (Å²) in [6, 6.07) is 9.61. The van der Waals surface area contributed by atoms with E-state index in [9.17, 15) is 4.79 Å². The molecular formula is C20H32N4O. The zero-order chi connectivity index (χ0) is 18.8. The standard InChI is InChI=1S/C16H20N4O.2C2H6/c1-11-18-19-15(20(11)2)13-9-6-10-14(13)16(21)17-12-7-4-3-5-8-12;2*1-2/h3-5,7-8,13-14H,6,9-10H2,1-2H3,(H,17,21);2*1-2H3/t13-,14-;;/m0../s1. The van der Waals surface area contributed by atoms with E-state index in [1.54, 1.807) is 0 Å². The molecule has 1 aromatic heterocycles. The second-order valence-corrected chi connectivity index (χ2v) is 5.66. The van der Waals surface area contributed by atoms with E-state index in [4.69, 9.17) is 0 Å². The van der Waals surface area contributed by atoms with Crippen LogP contribution in [-0.2, 0) is 11.8 Å². The Bertz CT molecular complexity index is 636. The second kappa shape index (κ2) is 10.6. The molecule has 1 aliphatic rings. The van der Waals surface area contributed by atoms with Crippen molar-refractivity contribution >= 4 is 11.6 Å². The Balaban J connectivity index is 0.000000730. The van der Waals surface area contributed by atoms with Gasteiger partial charge in [-0.05, 0) is 31.9 Å². The summed E-state index contributed by atoms with van der Waals surface area (Å²) in [5, 5.41) is 11.4. The molecule has 1 amide bonds. The van der Waals surface area contributed by atoms with Crippen molar-refractivity contribution < 1.29 is 4.79 Å². The monoisotopic (exact) mass is 344 g/mol. The Kier molecular flexibility index (Phi) is 8.89. The van der Waals surface area contributed by atoms with Gasteiger partial charge < -0.3 is 9.88 Å². The van der Waals surface area contributed by atoms with Gasteiger partial charge in [-0.1, -0.05) is 52.3 Å². The van der Waals surface area contributed by atoms with Gasteiger partial charge in [-0.15, -0.1) is 10.2 Å². The van der Waals surface area contributed by atoms with E-state index in [0.29, 0.717) is 0 Å². The number of nitrogens with one attached hydrogen (secondary N) is 1. The zero-order valence-corrected chi connectivity index (χ0v) is 16.4. The van der Waals surface area contributed by atoms with E-state index in [2.05, 4.69) is 15.5 Å². The number of nitrogens with zero attached hydrogens (tertiary/aromatic N) is 3. The van der Waals surface area contributed by atoms with E-state index < -0.39 is 0 Å². The molecule has 0 aliphatic heterocycles. The summed E-state index contributed by atoms with van der Waals surface area (Å²) >= 11 is 0. The third kappa shape index (κ3) is 5.15. The van der Waals surface area contributed by atoms with Gasteiger partial charge in [0.2, 0.25) is 5.91 Å². The summed E-state index contributed by atoms with van der Waals surface area (Å²) in [4.78, 5) is 12.5. The van der Waals surface area contributed by atoms with Crippen molar-refractivity contribution in [2.24, 2.45) is 13.0 Å². The average Bonchev–Trinajstić information content (AvgIpc) is 3.27. The van der Waals surface area contributed by atoms with Crippen molar-refractivity contribution in [2.75, 3.05) is 5.32 Å². The highest BCUT2D eigenvalue weighted by Crippen LogP contribution is 2.39. The number of anilines is 1. The number of aromatic nitrogens is 3. The van der Waals surface area contributed by atoms with E-state index in [1.165, 1.54) is 0 Å². The van der Waals surface area contributed by atoms with Crippen molar-refractivity contribution in [2.45, 2.75) is 59.8 Å². The predicted molar refractivity (Wildman–Crippen MR) is 104 cm³/mol. The van der Waals surface area contributed by atoms with Crippen LogP contribution in [0.2, 0.25) is 0 Å². The Morgan fingerprint density at radius 1 is 1.08 bits per heavy atom. The lowest BCUT2D eigenvalue weighted by Gasteiger charge is -2.18. The first-order valence-electron chi connectivity index (χ1n) is 9.38. The molecule has 0 unspecified atom stereocenters. The van der Waals surface area contributed by atoms with Gasteiger partial charge in [0.05, 0.1) is 0 Å². The van der Waals surface area contributed by atoms with Crippen LogP contribution in [0.5, 0.6) is 0 Å². The van der Waals surface area contributed by atoms with Crippen molar-refractivity contribution in [3.8, 4) is 0 Å². The molecule has 3 rings (SSSR count). The molecule has 1 aromatic carbocycles. The third-order valence-electron chi connectivity index (χ3n) is 4.35. The molecule has 5 nitrogen and oxygen atoms in total. The summed E-state index contributed by atoms with van der Waals surface area (Å²) in [7, 11) is 1.97. The van der Waals surface area contributed by atoms with Crippen molar-refractivity contribution in [1.82, 2.24) is 14.8 Å². The first-order chi connectivity index (χ1) is 12.2. The van der Waals surface area contributed by atoms with Crippen LogP contribution in [0.4, 0.5) is 5.69 Å². The number of hydrogen-bond donors (Lipinski definition) is 1. The fourth-order valence-corrected chi connectivity index (χ4v) is 3.09. The number of carbonyl (C=O) groups excluding carboxylic acids is 1. The van der Waals surface area contributed by atoms with Crippen molar-refractivity contribution in [3.63, 3.8) is 0 Å². The highest BCUT2D eigenvalue weighted by atomic mass is 16.1. The second-order valence-electron chi connectivity index (χ2n) is 5.66. The van der Waals surface area contributed by atoms with Gasteiger partial charge in [-0.2, -0.15) is 0 Å². The molecule has 1 heterocycles. The van der Waals surface area contributed by atoms with Crippen molar-refractivity contribution in [1.29, 1.82) is 0 Å². The normalized spacial score (nSPS) is 18.5. The quantitative estimate of drug-likeness (QED) is 0.878. The van der Waals surface area contributed by atoms with Crippen LogP contribution in [-0.4, -0.2) is 20.7 Å². The summed E-state index contributed by atoms with van der Waals surface area (Å²) in [5.41, 5.74) is 0.849. The molecule has 0 radical (unpaired) electrons. The van der Waals surface area contributed by atoms with Crippen LogP contribution in [0.15, 0.2) is 30.3 Å². The maximum atomic E-state index is 12.5. The summed E-state index contributed by atoms with van der Waals surface area (Å²) in [6.07, 6.45) is 2.97.